The second kappa shape index (κ2) is 9.52. The van der Waals surface area contributed by atoms with Gasteiger partial charge in [-0.15, -0.1) is 0 Å². The topological polar surface area (TPSA) is 46.5 Å². The molecule has 0 unspecified atom stereocenters. The third-order valence-electron chi connectivity index (χ3n) is 1.82. The Labute approximate surface area is 80.1 Å². The number of hydrogen-bond donors (Lipinski definition) is 1. The average Bonchev–Trinajstić information content (AvgIpc) is 2.09. The van der Waals surface area contributed by atoms with Crippen molar-refractivity contribution in [1.82, 2.24) is 0 Å². The Morgan fingerprint density at radius 2 is 1.85 bits per heavy atom. The van der Waals surface area contributed by atoms with E-state index in [9.17, 15) is 4.79 Å². The molecule has 3 nitrogen and oxygen atoms in total. The maximum Gasteiger partial charge on any atom is 0.303 e. The lowest BCUT2D eigenvalue weighted by atomic mass is 10.2. The largest absolute Gasteiger partial charge is 0.481 e. The summed E-state index contributed by atoms with van der Waals surface area (Å²) >= 11 is 0. The van der Waals surface area contributed by atoms with Gasteiger partial charge in [-0.2, -0.15) is 0 Å². The van der Waals surface area contributed by atoms with E-state index in [1.807, 2.05) is 0 Å². The molecule has 0 bridgehead atoms. The van der Waals surface area contributed by atoms with Crippen LogP contribution in [0, 0.1) is 0 Å². The molecule has 13 heavy (non-hydrogen) atoms. The number of unbranched alkanes of at least 4 members (excludes halogenated alkanes) is 3. The summed E-state index contributed by atoms with van der Waals surface area (Å²) in [6, 6.07) is 0. The van der Waals surface area contributed by atoms with Gasteiger partial charge in [-0.1, -0.05) is 19.8 Å². The molecule has 0 saturated carbocycles. The minimum Gasteiger partial charge on any atom is -0.481 e. The lowest BCUT2D eigenvalue weighted by molar-refractivity contribution is -0.137. The normalized spacial score (nSPS) is 10.2. The van der Waals surface area contributed by atoms with Gasteiger partial charge >= 0.3 is 5.97 Å². The lowest BCUT2D eigenvalue weighted by Crippen LogP contribution is -1.98. The SMILES string of the molecule is CCCCOCCCCCC(=O)O. The fourth-order valence-electron chi connectivity index (χ4n) is 1.01. The van der Waals surface area contributed by atoms with Crippen LogP contribution in [0.2, 0.25) is 0 Å². The molecule has 3 heteroatoms. The van der Waals surface area contributed by atoms with Crippen molar-refractivity contribution in [2.45, 2.75) is 45.4 Å². The molecule has 78 valence electrons. The highest BCUT2D eigenvalue weighted by Crippen LogP contribution is 2.00. The second-order valence-electron chi connectivity index (χ2n) is 3.17. The van der Waals surface area contributed by atoms with E-state index in [1.54, 1.807) is 0 Å². The second-order valence-corrected chi connectivity index (χ2v) is 3.17. The van der Waals surface area contributed by atoms with Gasteiger partial charge in [0, 0.05) is 19.6 Å². The highest BCUT2D eigenvalue weighted by Gasteiger charge is 1.95. The molecule has 0 aromatic heterocycles. The van der Waals surface area contributed by atoms with Crippen LogP contribution >= 0.6 is 0 Å². The number of carboxylic acid groups (broad SMARTS) is 1. The maximum atomic E-state index is 10.1. The van der Waals surface area contributed by atoms with E-state index >= 15 is 0 Å². The smallest absolute Gasteiger partial charge is 0.303 e. The summed E-state index contributed by atoms with van der Waals surface area (Å²) in [6.07, 6.45) is 5.28. The molecule has 0 heterocycles. The molecule has 0 atom stereocenters. The standard InChI is InChI=1S/C10H20O3/c1-2-3-8-13-9-6-4-5-7-10(11)12/h2-9H2,1H3,(H,11,12). The van der Waals surface area contributed by atoms with Gasteiger partial charge in [0.2, 0.25) is 0 Å². The third-order valence-corrected chi connectivity index (χ3v) is 1.82. The lowest BCUT2D eigenvalue weighted by Gasteiger charge is -2.01. The number of aliphatic carboxylic acids is 1. The van der Waals surface area contributed by atoms with Crippen LogP contribution in [0.5, 0.6) is 0 Å². The van der Waals surface area contributed by atoms with Crippen molar-refractivity contribution in [3.8, 4) is 0 Å². The fourth-order valence-corrected chi connectivity index (χ4v) is 1.01. The molecule has 0 aromatic carbocycles. The first-order valence-electron chi connectivity index (χ1n) is 5.07. The molecule has 0 aliphatic heterocycles. The Bertz CT molecular complexity index is 123. The maximum absolute atomic E-state index is 10.1. The molecule has 0 aliphatic carbocycles. The van der Waals surface area contributed by atoms with Crippen LogP contribution in [0.1, 0.15) is 45.4 Å². The summed E-state index contributed by atoms with van der Waals surface area (Å²) in [5.41, 5.74) is 0. The Morgan fingerprint density at radius 1 is 1.15 bits per heavy atom. The summed E-state index contributed by atoms with van der Waals surface area (Å²) in [5, 5.41) is 8.35. The van der Waals surface area contributed by atoms with E-state index in [2.05, 4.69) is 6.92 Å². The Hall–Kier alpha value is -0.570. The van der Waals surface area contributed by atoms with E-state index in [4.69, 9.17) is 9.84 Å². The Balaban J connectivity index is 2.87. The first-order chi connectivity index (χ1) is 6.27. The summed E-state index contributed by atoms with van der Waals surface area (Å²) in [5.74, 6) is -0.702. The molecule has 0 aliphatic rings. The first kappa shape index (κ1) is 12.4. The monoisotopic (exact) mass is 188 g/mol. The number of ether oxygens (including phenoxy) is 1. The highest BCUT2D eigenvalue weighted by molar-refractivity contribution is 5.66. The van der Waals surface area contributed by atoms with Crippen LogP contribution in [0.15, 0.2) is 0 Å². The predicted octanol–water partition coefficient (Wildman–Crippen LogP) is 2.45. The van der Waals surface area contributed by atoms with Crippen LogP contribution in [0.4, 0.5) is 0 Å². The predicted molar refractivity (Wildman–Crippen MR) is 51.8 cm³/mol. The van der Waals surface area contributed by atoms with E-state index in [0.717, 1.165) is 38.9 Å². The average molecular weight is 188 g/mol. The van der Waals surface area contributed by atoms with Crippen molar-refractivity contribution in [2.24, 2.45) is 0 Å². The van der Waals surface area contributed by atoms with Gasteiger partial charge in [-0.25, -0.2) is 0 Å². The molecule has 0 radical (unpaired) electrons. The zero-order chi connectivity index (χ0) is 9.94. The number of carboxylic acids is 1. The Kier molecular flexibility index (Phi) is 9.10. The van der Waals surface area contributed by atoms with Crippen molar-refractivity contribution in [3.05, 3.63) is 0 Å². The van der Waals surface area contributed by atoms with Crippen LogP contribution < -0.4 is 0 Å². The molecule has 1 N–H and O–H groups in total. The van der Waals surface area contributed by atoms with Gasteiger partial charge in [0.1, 0.15) is 0 Å². The summed E-state index contributed by atoms with van der Waals surface area (Å²) in [4.78, 5) is 10.1. The molecule has 0 saturated heterocycles. The van der Waals surface area contributed by atoms with Crippen LogP contribution in [0.25, 0.3) is 0 Å². The van der Waals surface area contributed by atoms with E-state index in [0.29, 0.717) is 0 Å². The minimum absolute atomic E-state index is 0.287. The van der Waals surface area contributed by atoms with E-state index in [1.165, 1.54) is 6.42 Å². The van der Waals surface area contributed by atoms with Crippen LogP contribution in [-0.2, 0) is 9.53 Å². The van der Waals surface area contributed by atoms with Gasteiger partial charge in [0.05, 0.1) is 0 Å². The third kappa shape index (κ3) is 11.4. The van der Waals surface area contributed by atoms with E-state index in [-0.39, 0.29) is 6.42 Å². The quantitative estimate of drug-likeness (QED) is 0.565. The van der Waals surface area contributed by atoms with Crippen molar-refractivity contribution >= 4 is 5.97 Å². The molecule has 0 spiro atoms. The van der Waals surface area contributed by atoms with Gasteiger partial charge in [-0.05, 0) is 19.3 Å². The zero-order valence-electron chi connectivity index (χ0n) is 8.42. The van der Waals surface area contributed by atoms with E-state index < -0.39 is 5.97 Å². The molecule has 0 aromatic rings. The number of rotatable bonds is 9. The van der Waals surface area contributed by atoms with Crippen molar-refractivity contribution < 1.29 is 14.6 Å². The van der Waals surface area contributed by atoms with Gasteiger partial charge in [0.25, 0.3) is 0 Å². The molecule has 0 rings (SSSR count). The zero-order valence-corrected chi connectivity index (χ0v) is 8.42. The molecule has 0 fully saturated rings. The number of carbonyl (C=O) groups is 1. The first-order valence-corrected chi connectivity index (χ1v) is 5.07. The van der Waals surface area contributed by atoms with Crippen molar-refractivity contribution in [3.63, 3.8) is 0 Å². The summed E-state index contributed by atoms with van der Waals surface area (Å²) in [7, 11) is 0. The molecular weight excluding hydrogens is 168 g/mol. The molecule has 0 amide bonds. The highest BCUT2D eigenvalue weighted by atomic mass is 16.5. The van der Waals surface area contributed by atoms with Crippen molar-refractivity contribution in [1.29, 1.82) is 0 Å². The van der Waals surface area contributed by atoms with Gasteiger partial charge in [0.15, 0.2) is 0 Å². The molecular formula is C10H20O3. The van der Waals surface area contributed by atoms with Crippen molar-refractivity contribution in [2.75, 3.05) is 13.2 Å². The van der Waals surface area contributed by atoms with Gasteiger partial charge < -0.3 is 9.84 Å². The van der Waals surface area contributed by atoms with Crippen LogP contribution in [0.3, 0.4) is 0 Å². The summed E-state index contributed by atoms with van der Waals surface area (Å²) < 4.78 is 5.33. The Morgan fingerprint density at radius 3 is 2.46 bits per heavy atom. The minimum atomic E-state index is -0.702. The summed E-state index contributed by atoms with van der Waals surface area (Å²) in [6.45, 7) is 3.76. The number of hydrogen-bond acceptors (Lipinski definition) is 2. The van der Waals surface area contributed by atoms with Gasteiger partial charge in [-0.3, -0.25) is 4.79 Å². The fraction of sp³-hybridized carbons (Fsp3) is 0.900. The van der Waals surface area contributed by atoms with Crippen LogP contribution in [-0.4, -0.2) is 24.3 Å².